The van der Waals surface area contributed by atoms with Gasteiger partial charge in [0, 0.05) is 0 Å². The minimum absolute atomic E-state index is 0.0750. The van der Waals surface area contributed by atoms with Crippen LogP contribution in [0, 0.1) is 23.4 Å². The van der Waals surface area contributed by atoms with Crippen molar-refractivity contribution in [3.8, 4) is 22.6 Å². The smallest absolute Gasteiger partial charge is 0.200 e. The van der Waals surface area contributed by atoms with Crippen molar-refractivity contribution in [1.82, 2.24) is 0 Å². The molecule has 1 aliphatic rings. The van der Waals surface area contributed by atoms with Crippen LogP contribution in [-0.2, 0) is 6.61 Å². The lowest BCUT2D eigenvalue weighted by Crippen LogP contribution is -2.15. The van der Waals surface area contributed by atoms with Gasteiger partial charge in [-0.1, -0.05) is 69.0 Å². The molecule has 0 spiro atoms. The Morgan fingerprint density at radius 3 is 2.11 bits per heavy atom. The van der Waals surface area contributed by atoms with Crippen molar-refractivity contribution in [3.05, 3.63) is 83.2 Å². The van der Waals surface area contributed by atoms with E-state index in [0.29, 0.717) is 12.2 Å². The Labute approximate surface area is 218 Å². The first-order valence-corrected chi connectivity index (χ1v) is 13.6. The minimum atomic E-state index is -0.913. The fourth-order valence-electron chi connectivity index (χ4n) is 5.33. The van der Waals surface area contributed by atoms with Crippen LogP contribution in [0.1, 0.15) is 82.3 Å². The number of unbranched alkanes of at least 4 members (excludes halogenated alkanes) is 2. The van der Waals surface area contributed by atoms with Crippen molar-refractivity contribution in [3.63, 3.8) is 0 Å². The van der Waals surface area contributed by atoms with Gasteiger partial charge in [0.15, 0.2) is 23.1 Å². The summed E-state index contributed by atoms with van der Waals surface area (Å²) in [4.78, 5) is 0. The molecule has 0 saturated heterocycles. The molecule has 0 amide bonds. The van der Waals surface area contributed by atoms with E-state index in [0.717, 1.165) is 48.3 Å². The molecule has 1 aliphatic carbocycles. The summed E-state index contributed by atoms with van der Waals surface area (Å²) in [6, 6.07) is 15.5. The second-order valence-electron chi connectivity index (χ2n) is 10.1. The van der Waals surface area contributed by atoms with Gasteiger partial charge in [-0.15, -0.1) is 0 Å². The van der Waals surface area contributed by atoms with Crippen molar-refractivity contribution in [2.45, 2.75) is 77.7 Å². The molecule has 37 heavy (non-hydrogen) atoms. The Hall–Kier alpha value is -2.95. The first-order chi connectivity index (χ1) is 18.0. The Kier molecular flexibility index (Phi) is 9.54. The summed E-state index contributed by atoms with van der Waals surface area (Å²) in [5.74, 6) is -1.15. The number of ether oxygens (including phenoxy) is 2. The van der Waals surface area contributed by atoms with E-state index in [1.54, 1.807) is 24.3 Å². The average Bonchev–Trinajstić information content (AvgIpc) is 2.92. The monoisotopic (exact) mass is 510 g/mol. The predicted molar refractivity (Wildman–Crippen MR) is 143 cm³/mol. The molecule has 5 heteroatoms. The Morgan fingerprint density at radius 2 is 1.43 bits per heavy atom. The number of hydrogen-bond acceptors (Lipinski definition) is 2. The second-order valence-corrected chi connectivity index (χ2v) is 10.1. The van der Waals surface area contributed by atoms with Gasteiger partial charge in [-0.3, -0.25) is 0 Å². The first-order valence-electron chi connectivity index (χ1n) is 13.6. The highest BCUT2D eigenvalue weighted by atomic mass is 19.2. The van der Waals surface area contributed by atoms with Crippen molar-refractivity contribution in [1.29, 1.82) is 0 Å². The van der Waals surface area contributed by atoms with Crippen LogP contribution in [0.3, 0.4) is 0 Å². The summed E-state index contributed by atoms with van der Waals surface area (Å²) in [6.45, 7) is 4.53. The molecule has 198 valence electrons. The third-order valence-corrected chi connectivity index (χ3v) is 7.49. The highest BCUT2D eigenvalue weighted by Gasteiger charge is 2.26. The zero-order chi connectivity index (χ0) is 26.2. The molecule has 0 heterocycles. The lowest BCUT2D eigenvalue weighted by molar-refractivity contribution is 0.278. The van der Waals surface area contributed by atoms with Crippen LogP contribution < -0.4 is 9.47 Å². The van der Waals surface area contributed by atoms with Crippen LogP contribution >= 0.6 is 0 Å². The van der Waals surface area contributed by atoms with Crippen LogP contribution in [0.25, 0.3) is 11.1 Å². The third kappa shape index (κ3) is 6.88. The lowest BCUT2D eigenvalue weighted by Gasteiger charge is -2.29. The lowest BCUT2D eigenvalue weighted by atomic mass is 9.77. The predicted octanol–water partition coefficient (Wildman–Crippen LogP) is 9.60. The molecule has 0 unspecified atom stereocenters. The van der Waals surface area contributed by atoms with Crippen molar-refractivity contribution < 1.29 is 22.6 Å². The standard InChI is InChI=1S/C32H37F3O2/c1-3-5-6-7-22-8-14-25(15-9-22)27-17-19-30(32(35)31(27)34)37-21-23-10-12-24(13-11-23)26-16-18-29(36-4-2)28(33)20-26/h10-13,16-20,22,25H,3-9,14-15,21H2,1-2H3. The molecule has 4 rings (SSSR count). The first kappa shape index (κ1) is 27.1. The normalized spacial score (nSPS) is 17.5. The number of hydrogen-bond donors (Lipinski definition) is 0. The average molecular weight is 511 g/mol. The van der Waals surface area contributed by atoms with Crippen molar-refractivity contribution in [2.24, 2.45) is 5.92 Å². The maximum atomic E-state index is 15.0. The summed E-state index contributed by atoms with van der Waals surface area (Å²) >= 11 is 0. The number of rotatable bonds is 11. The number of benzene rings is 3. The van der Waals surface area contributed by atoms with Crippen molar-refractivity contribution >= 4 is 0 Å². The van der Waals surface area contributed by atoms with Gasteiger partial charge in [0.1, 0.15) is 6.61 Å². The van der Waals surface area contributed by atoms with E-state index in [1.165, 1.54) is 31.7 Å². The summed E-state index contributed by atoms with van der Waals surface area (Å²) in [7, 11) is 0. The Bertz CT molecular complexity index is 1150. The highest BCUT2D eigenvalue weighted by molar-refractivity contribution is 5.64. The highest BCUT2D eigenvalue weighted by Crippen LogP contribution is 2.40. The van der Waals surface area contributed by atoms with Crippen LogP contribution in [0.4, 0.5) is 13.2 Å². The number of halogens is 3. The zero-order valence-corrected chi connectivity index (χ0v) is 21.9. The van der Waals surface area contributed by atoms with E-state index in [4.69, 9.17) is 9.47 Å². The molecule has 0 bridgehead atoms. The van der Waals surface area contributed by atoms with Crippen LogP contribution in [0.15, 0.2) is 54.6 Å². The molecular weight excluding hydrogens is 473 g/mol. The third-order valence-electron chi connectivity index (χ3n) is 7.49. The summed E-state index contributed by atoms with van der Waals surface area (Å²) in [5.41, 5.74) is 2.85. The van der Waals surface area contributed by atoms with E-state index in [1.807, 2.05) is 31.2 Å². The van der Waals surface area contributed by atoms with Crippen LogP contribution in [0.2, 0.25) is 0 Å². The molecule has 3 aromatic rings. The van der Waals surface area contributed by atoms with Gasteiger partial charge < -0.3 is 9.47 Å². The summed E-state index contributed by atoms with van der Waals surface area (Å²) in [6.07, 6.45) is 9.03. The van der Waals surface area contributed by atoms with E-state index < -0.39 is 17.5 Å². The van der Waals surface area contributed by atoms with Crippen molar-refractivity contribution in [2.75, 3.05) is 6.61 Å². The van der Waals surface area contributed by atoms with Gasteiger partial charge in [0.25, 0.3) is 0 Å². The van der Waals surface area contributed by atoms with E-state index in [2.05, 4.69) is 6.92 Å². The Balaban J connectivity index is 1.34. The molecule has 0 aliphatic heterocycles. The molecule has 3 aromatic carbocycles. The SMILES string of the molecule is CCCCCC1CCC(c2ccc(OCc3ccc(-c4ccc(OCC)c(F)c4)cc3)c(F)c2F)CC1. The quantitative estimate of drug-likeness (QED) is 0.239. The summed E-state index contributed by atoms with van der Waals surface area (Å²) in [5, 5.41) is 0. The van der Waals surface area contributed by atoms with Gasteiger partial charge in [0.05, 0.1) is 6.61 Å². The van der Waals surface area contributed by atoms with Gasteiger partial charge in [-0.25, -0.2) is 8.78 Å². The zero-order valence-electron chi connectivity index (χ0n) is 21.9. The molecule has 1 fully saturated rings. The van der Waals surface area contributed by atoms with Gasteiger partial charge >= 0.3 is 0 Å². The molecule has 0 N–H and O–H groups in total. The maximum absolute atomic E-state index is 15.0. The van der Waals surface area contributed by atoms with Gasteiger partial charge in [-0.2, -0.15) is 4.39 Å². The molecule has 2 nitrogen and oxygen atoms in total. The Morgan fingerprint density at radius 1 is 0.730 bits per heavy atom. The van der Waals surface area contributed by atoms with Gasteiger partial charge in [0.2, 0.25) is 5.82 Å². The molecule has 0 radical (unpaired) electrons. The fourth-order valence-corrected chi connectivity index (χ4v) is 5.33. The largest absolute Gasteiger partial charge is 0.491 e. The summed E-state index contributed by atoms with van der Waals surface area (Å²) < 4.78 is 54.9. The second kappa shape index (κ2) is 13.0. The topological polar surface area (TPSA) is 18.5 Å². The van der Waals surface area contributed by atoms with E-state index in [-0.39, 0.29) is 24.0 Å². The van der Waals surface area contributed by atoms with Crippen LogP contribution in [0.5, 0.6) is 11.5 Å². The van der Waals surface area contributed by atoms with Gasteiger partial charge in [-0.05, 0) is 84.9 Å². The minimum Gasteiger partial charge on any atom is -0.491 e. The molecule has 0 aromatic heterocycles. The van der Waals surface area contributed by atoms with E-state index in [9.17, 15) is 13.2 Å². The van der Waals surface area contributed by atoms with E-state index >= 15 is 0 Å². The molecule has 1 saturated carbocycles. The molecule has 0 atom stereocenters. The maximum Gasteiger partial charge on any atom is 0.200 e. The van der Waals surface area contributed by atoms with Crippen LogP contribution in [-0.4, -0.2) is 6.61 Å². The molecular formula is C32H37F3O2. The fraction of sp³-hybridized carbons (Fsp3) is 0.438.